The summed E-state index contributed by atoms with van der Waals surface area (Å²) in [6.07, 6.45) is 1.02. The van der Waals surface area contributed by atoms with Crippen molar-refractivity contribution >= 4 is 12.0 Å². The topological polar surface area (TPSA) is 81.6 Å². The maximum atomic E-state index is 14.6. The average Bonchev–Trinajstić information content (AvgIpc) is 2.70. The van der Waals surface area contributed by atoms with Crippen LogP contribution in [0.2, 0.25) is 0 Å². The lowest BCUT2D eigenvalue weighted by molar-refractivity contribution is -0.191. The molecule has 1 aromatic heterocycles. The molecule has 0 atom stereocenters. The highest BCUT2D eigenvalue weighted by molar-refractivity contribution is 5.63. The summed E-state index contributed by atoms with van der Waals surface area (Å²) in [7, 11) is 1.45. The van der Waals surface area contributed by atoms with Crippen molar-refractivity contribution in [3.05, 3.63) is 35.3 Å². The second-order valence-corrected chi connectivity index (χ2v) is 5.80. The standard InChI is InChI=1S/C18H22FN3O2.CO2/c1-4-14-12(2)18(22-8-10-24-11-9-22)21-17(20-14)13-6-5-7-15(23-3)16(13)19;2-1-3/h5-7H,4,8-11H2,1-3H3;. The molecule has 27 heavy (non-hydrogen) atoms. The van der Waals surface area contributed by atoms with E-state index in [1.165, 1.54) is 7.11 Å². The van der Waals surface area contributed by atoms with E-state index in [0.717, 1.165) is 36.6 Å². The fourth-order valence-electron chi connectivity index (χ4n) is 2.94. The minimum Gasteiger partial charge on any atom is -0.494 e. The highest BCUT2D eigenvalue weighted by atomic mass is 19.1. The molecule has 0 amide bonds. The molecule has 0 radical (unpaired) electrons. The first-order valence-corrected chi connectivity index (χ1v) is 8.59. The second kappa shape index (κ2) is 9.75. The van der Waals surface area contributed by atoms with Crippen molar-refractivity contribution < 1.29 is 23.5 Å². The van der Waals surface area contributed by atoms with Gasteiger partial charge in [-0.3, -0.25) is 0 Å². The zero-order chi connectivity index (χ0) is 19.8. The Morgan fingerprint density at radius 2 is 1.93 bits per heavy atom. The van der Waals surface area contributed by atoms with Crippen molar-refractivity contribution in [3.63, 3.8) is 0 Å². The Morgan fingerprint density at radius 3 is 2.52 bits per heavy atom. The Hall–Kier alpha value is -2.83. The molecule has 1 fully saturated rings. The van der Waals surface area contributed by atoms with Gasteiger partial charge in [0.1, 0.15) is 5.82 Å². The molecule has 0 aliphatic carbocycles. The summed E-state index contributed by atoms with van der Waals surface area (Å²) >= 11 is 0. The summed E-state index contributed by atoms with van der Waals surface area (Å²) in [5.41, 5.74) is 2.34. The smallest absolute Gasteiger partial charge is 0.373 e. The van der Waals surface area contributed by atoms with Gasteiger partial charge in [0.05, 0.1) is 25.9 Å². The summed E-state index contributed by atoms with van der Waals surface area (Å²) in [6, 6.07) is 5.03. The van der Waals surface area contributed by atoms with Gasteiger partial charge < -0.3 is 14.4 Å². The Balaban J connectivity index is 0.000000817. The number of anilines is 1. The van der Waals surface area contributed by atoms with Crippen molar-refractivity contribution in [2.45, 2.75) is 20.3 Å². The van der Waals surface area contributed by atoms with Gasteiger partial charge in [0.15, 0.2) is 17.4 Å². The second-order valence-electron chi connectivity index (χ2n) is 5.80. The molecule has 1 aromatic carbocycles. The van der Waals surface area contributed by atoms with Gasteiger partial charge in [-0.05, 0) is 25.5 Å². The molecular formula is C19H22FN3O4. The first-order chi connectivity index (χ1) is 13.1. The van der Waals surface area contributed by atoms with E-state index >= 15 is 0 Å². The number of hydrogen-bond acceptors (Lipinski definition) is 7. The molecule has 144 valence electrons. The SMILES string of the molecule is CCc1nc(-c2cccc(OC)c2F)nc(N2CCOCC2)c1C.O=C=O. The number of carbonyl (C=O) groups excluding carboxylic acids is 2. The quantitative estimate of drug-likeness (QED) is 0.812. The fourth-order valence-corrected chi connectivity index (χ4v) is 2.94. The van der Waals surface area contributed by atoms with Crippen molar-refractivity contribution in [2.24, 2.45) is 0 Å². The van der Waals surface area contributed by atoms with Crippen LogP contribution in [0.4, 0.5) is 10.2 Å². The van der Waals surface area contributed by atoms with E-state index in [1.54, 1.807) is 18.2 Å². The zero-order valence-corrected chi connectivity index (χ0v) is 15.6. The molecule has 0 bridgehead atoms. The number of benzene rings is 1. The summed E-state index contributed by atoms with van der Waals surface area (Å²) < 4.78 is 25.1. The molecule has 3 rings (SSSR count). The van der Waals surface area contributed by atoms with Crippen molar-refractivity contribution in [3.8, 4) is 17.1 Å². The van der Waals surface area contributed by atoms with Crippen molar-refractivity contribution in [1.29, 1.82) is 0 Å². The zero-order valence-electron chi connectivity index (χ0n) is 15.6. The van der Waals surface area contributed by atoms with Crippen LogP contribution in [-0.4, -0.2) is 49.5 Å². The third-order valence-corrected chi connectivity index (χ3v) is 4.29. The number of aromatic nitrogens is 2. The number of aryl methyl sites for hydroxylation is 1. The summed E-state index contributed by atoms with van der Waals surface area (Å²) in [5.74, 6) is 1.03. The van der Waals surface area contributed by atoms with E-state index in [1.807, 2.05) is 13.8 Å². The Labute approximate surface area is 157 Å². The van der Waals surface area contributed by atoms with E-state index in [4.69, 9.17) is 19.1 Å². The predicted molar refractivity (Wildman–Crippen MR) is 96.1 cm³/mol. The number of nitrogens with zero attached hydrogens (tertiary/aromatic N) is 3. The average molecular weight is 375 g/mol. The molecule has 7 nitrogen and oxygen atoms in total. The van der Waals surface area contributed by atoms with Crippen molar-refractivity contribution in [2.75, 3.05) is 38.3 Å². The summed E-state index contributed by atoms with van der Waals surface area (Å²) in [6.45, 7) is 6.98. The predicted octanol–water partition coefficient (Wildman–Crippen LogP) is 2.42. The van der Waals surface area contributed by atoms with Crippen molar-refractivity contribution in [1.82, 2.24) is 9.97 Å². The van der Waals surface area contributed by atoms with Gasteiger partial charge in [0, 0.05) is 24.3 Å². The highest BCUT2D eigenvalue weighted by Crippen LogP contribution is 2.30. The third kappa shape index (κ3) is 4.67. The summed E-state index contributed by atoms with van der Waals surface area (Å²) in [4.78, 5) is 27.7. The lowest BCUT2D eigenvalue weighted by Gasteiger charge is -2.29. The van der Waals surface area contributed by atoms with Crippen LogP contribution in [0, 0.1) is 12.7 Å². The van der Waals surface area contributed by atoms with Crippen LogP contribution in [0.15, 0.2) is 18.2 Å². The van der Waals surface area contributed by atoms with E-state index < -0.39 is 5.82 Å². The number of halogens is 1. The minimum absolute atomic E-state index is 0.197. The minimum atomic E-state index is -0.432. The molecule has 1 aliphatic heterocycles. The van der Waals surface area contributed by atoms with Gasteiger partial charge in [-0.2, -0.15) is 9.59 Å². The molecule has 0 N–H and O–H groups in total. The van der Waals surface area contributed by atoms with E-state index in [0.29, 0.717) is 24.6 Å². The van der Waals surface area contributed by atoms with Crippen LogP contribution in [0.5, 0.6) is 5.75 Å². The molecule has 2 aromatic rings. The molecule has 1 saturated heterocycles. The molecule has 0 spiro atoms. The van der Waals surface area contributed by atoms with Crippen LogP contribution in [0.3, 0.4) is 0 Å². The van der Waals surface area contributed by atoms with E-state index in [-0.39, 0.29) is 11.9 Å². The van der Waals surface area contributed by atoms with E-state index in [2.05, 4.69) is 14.9 Å². The molecular weight excluding hydrogens is 353 g/mol. The van der Waals surface area contributed by atoms with E-state index in [9.17, 15) is 4.39 Å². The maximum absolute atomic E-state index is 14.6. The van der Waals surface area contributed by atoms with Gasteiger partial charge in [-0.15, -0.1) is 0 Å². The highest BCUT2D eigenvalue weighted by Gasteiger charge is 2.21. The van der Waals surface area contributed by atoms with Gasteiger partial charge in [-0.1, -0.05) is 13.0 Å². The van der Waals surface area contributed by atoms with Gasteiger partial charge in [-0.25, -0.2) is 14.4 Å². The monoisotopic (exact) mass is 375 g/mol. The summed E-state index contributed by atoms with van der Waals surface area (Å²) in [5, 5.41) is 0. The first kappa shape index (κ1) is 20.5. The van der Waals surface area contributed by atoms with Gasteiger partial charge in [0.2, 0.25) is 0 Å². The van der Waals surface area contributed by atoms with Gasteiger partial charge >= 0.3 is 6.15 Å². The third-order valence-electron chi connectivity index (χ3n) is 4.29. The Kier molecular flexibility index (Phi) is 7.40. The van der Waals surface area contributed by atoms with Crippen LogP contribution in [0.1, 0.15) is 18.2 Å². The molecule has 8 heteroatoms. The maximum Gasteiger partial charge on any atom is 0.373 e. The first-order valence-electron chi connectivity index (χ1n) is 8.59. The van der Waals surface area contributed by atoms with Crippen LogP contribution in [-0.2, 0) is 20.7 Å². The lowest BCUT2D eigenvalue weighted by Crippen LogP contribution is -2.37. The largest absolute Gasteiger partial charge is 0.494 e. The number of rotatable bonds is 4. The number of ether oxygens (including phenoxy) is 2. The fraction of sp³-hybridized carbons (Fsp3) is 0.421. The number of methoxy groups -OCH3 is 1. The Morgan fingerprint density at radius 1 is 1.26 bits per heavy atom. The lowest BCUT2D eigenvalue weighted by atomic mass is 10.1. The number of morpholine rings is 1. The van der Waals surface area contributed by atoms with Crippen LogP contribution < -0.4 is 9.64 Å². The van der Waals surface area contributed by atoms with Crippen LogP contribution in [0.25, 0.3) is 11.4 Å². The van der Waals surface area contributed by atoms with Crippen LogP contribution >= 0.6 is 0 Å². The molecule has 0 unspecified atom stereocenters. The molecule has 0 saturated carbocycles. The Bertz CT molecular complexity index is 817. The molecule has 2 heterocycles. The van der Waals surface area contributed by atoms with Gasteiger partial charge in [0.25, 0.3) is 0 Å². The number of hydrogen-bond donors (Lipinski definition) is 0. The normalized spacial score (nSPS) is 13.4. The molecule has 1 aliphatic rings.